The zero-order valence-electron chi connectivity index (χ0n) is 14.5. The summed E-state index contributed by atoms with van der Waals surface area (Å²) in [7, 11) is 0. The van der Waals surface area contributed by atoms with Crippen LogP contribution in [0, 0.1) is 12.7 Å². The number of benzene rings is 2. The molecule has 2 aromatic rings. The summed E-state index contributed by atoms with van der Waals surface area (Å²) in [6.45, 7) is 5.64. The smallest absolute Gasteiger partial charge is 0.319 e. The number of aryl methyl sites for hydroxylation is 1. The first-order valence-corrected chi connectivity index (χ1v) is 8.06. The van der Waals surface area contributed by atoms with E-state index in [4.69, 9.17) is 0 Å². The van der Waals surface area contributed by atoms with E-state index in [1.54, 1.807) is 43.3 Å². The van der Waals surface area contributed by atoms with Gasteiger partial charge in [-0.3, -0.25) is 4.79 Å². The number of anilines is 1. The second-order valence-corrected chi connectivity index (χ2v) is 6.06. The number of halogens is 1. The Labute approximate surface area is 146 Å². The van der Waals surface area contributed by atoms with Crippen LogP contribution < -0.4 is 16.0 Å². The molecule has 0 spiro atoms. The summed E-state index contributed by atoms with van der Waals surface area (Å²) in [6.07, 6.45) is 0. The molecule has 0 aliphatic heterocycles. The molecule has 3 amide bonds. The molecule has 0 radical (unpaired) electrons. The van der Waals surface area contributed by atoms with Crippen LogP contribution in [0.1, 0.15) is 35.3 Å². The van der Waals surface area contributed by atoms with Crippen molar-refractivity contribution in [2.24, 2.45) is 0 Å². The molecule has 0 aliphatic carbocycles. The van der Waals surface area contributed by atoms with E-state index >= 15 is 0 Å². The van der Waals surface area contributed by atoms with E-state index in [1.807, 2.05) is 13.8 Å². The van der Waals surface area contributed by atoms with E-state index < -0.39 is 0 Å². The van der Waals surface area contributed by atoms with Crippen LogP contribution >= 0.6 is 0 Å². The van der Waals surface area contributed by atoms with Gasteiger partial charge in [0.25, 0.3) is 5.91 Å². The molecule has 0 saturated heterocycles. The molecule has 0 unspecified atom stereocenters. The molecule has 5 nitrogen and oxygen atoms in total. The maximum Gasteiger partial charge on any atom is 0.319 e. The van der Waals surface area contributed by atoms with E-state index in [9.17, 15) is 14.0 Å². The highest BCUT2D eigenvalue weighted by Crippen LogP contribution is 2.15. The van der Waals surface area contributed by atoms with Gasteiger partial charge in [0.2, 0.25) is 0 Å². The van der Waals surface area contributed by atoms with Gasteiger partial charge in [0, 0.05) is 12.6 Å². The van der Waals surface area contributed by atoms with E-state index in [1.165, 1.54) is 6.07 Å². The van der Waals surface area contributed by atoms with Crippen molar-refractivity contribution < 1.29 is 14.0 Å². The summed E-state index contributed by atoms with van der Waals surface area (Å²) in [5.74, 6) is -0.594. The van der Waals surface area contributed by atoms with Crippen molar-refractivity contribution >= 4 is 17.6 Å². The van der Waals surface area contributed by atoms with E-state index in [-0.39, 0.29) is 30.3 Å². The normalized spacial score (nSPS) is 10.4. The zero-order valence-corrected chi connectivity index (χ0v) is 14.5. The summed E-state index contributed by atoms with van der Waals surface area (Å²) in [4.78, 5) is 24.3. The topological polar surface area (TPSA) is 70.2 Å². The molecule has 0 fully saturated rings. The number of para-hydroxylation sites is 1. The van der Waals surface area contributed by atoms with Crippen LogP contribution in [0.2, 0.25) is 0 Å². The largest absolute Gasteiger partial charge is 0.348 e. The zero-order chi connectivity index (χ0) is 18.4. The Balaban J connectivity index is 2.06. The van der Waals surface area contributed by atoms with Gasteiger partial charge in [0.1, 0.15) is 5.82 Å². The molecule has 0 atom stereocenters. The van der Waals surface area contributed by atoms with Crippen LogP contribution in [-0.2, 0) is 6.54 Å². The van der Waals surface area contributed by atoms with Gasteiger partial charge in [-0.25, -0.2) is 9.18 Å². The predicted octanol–water partition coefficient (Wildman–Crippen LogP) is 3.59. The fourth-order valence-electron chi connectivity index (χ4n) is 2.31. The molecular weight excluding hydrogens is 321 g/mol. The number of carbonyl (C=O) groups is 2. The monoisotopic (exact) mass is 343 g/mol. The first-order chi connectivity index (χ1) is 11.9. The minimum Gasteiger partial charge on any atom is -0.348 e. The summed E-state index contributed by atoms with van der Waals surface area (Å²) in [5.41, 5.74) is 2.11. The van der Waals surface area contributed by atoms with Crippen LogP contribution in [0.4, 0.5) is 14.9 Å². The van der Waals surface area contributed by atoms with Crippen molar-refractivity contribution in [2.45, 2.75) is 33.4 Å². The molecule has 132 valence electrons. The fraction of sp³-hybridized carbons (Fsp3) is 0.263. The van der Waals surface area contributed by atoms with Gasteiger partial charge in [0.05, 0.1) is 11.3 Å². The second-order valence-electron chi connectivity index (χ2n) is 6.06. The van der Waals surface area contributed by atoms with Crippen molar-refractivity contribution in [3.63, 3.8) is 0 Å². The first-order valence-electron chi connectivity index (χ1n) is 8.06. The third kappa shape index (κ3) is 5.31. The Morgan fingerprint density at radius 2 is 1.84 bits per heavy atom. The summed E-state index contributed by atoms with van der Waals surface area (Å²) in [5, 5.41) is 8.17. The molecule has 2 rings (SSSR count). The van der Waals surface area contributed by atoms with E-state index in [2.05, 4.69) is 16.0 Å². The Morgan fingerprint density at radius 1 is 1.12 bits per heavy atom. The van der Waals surface area contributed by atoms with Crippen LogP contribution in [0.25, 0.3) is 0 Å². The second kappa shape index (κ2) is 8.28. The van der Waals surface area contributed by atoms with Gasteiger partial charge in [-0.15, -0.1) is 0 Å². The Bertz CT molecular complexity index is 775. The highest BCUT2D eigenvalue weighted by Gasteiger charge is 2.13. The summed E-state index contributed by atoms with van der Waals surface area (Å²) in [6, 6.07) is 11.1. The minimum absolute atomic E-state index is 0.0114. The van der Waals surface area contributed by atoms with Gasteiger partial charge in [-0.1, -0.05) is 24.3 Å². The van der Waals surface area contributed by atoms with Crippen LogP contribution in [-0.4, -0.2) is 18.0 Å². The fourth-order valence-corrected chi connectivity index (χ4v) is 2.31. The molecule has 2 aromatic carbocycles. The standard InChI is InChI=1S/C19H22FN3O2/c1-12(2)22-19(25)23-17-7-5-4-6-15(17)18(24)21-11-14-8-9-16(20)13(3)10-14/h4-10,12H,11H2,1-3H3,(H,21,24)(H2,22,23,25). The number of hydrogen-bond donors (Lipinski definition) is 3. The van der Waals surface area contributed by atoms with Crippen molar-refractivity contribution in [1.29, 1.82) is 0 Å². The SMILES string of the molecule is Cc1cc(CNC(=O)c2ccccc2NC(=O)NC(C)C)ccc1F. The van der Waals surface area contributed by atoms with Gasteiger partial charge < -0.3 is 16.0 Å². The number of hydrogen-bond acceptors (Lipinski definition) is 2. The third-order valence-electron chi connectivity index (χ3n) is 3.52. The van der Waals surface area contributed by atoms with Crippen molar-refractivity contribution in [1.82, 2.24) is 10.6 Å². The van der Waals surface area contributed by atoms with Crippen molar-refractivity contribution in [3.8, 4) is 0 Å². The lowest BCUT2D eigenvalue weighted by Gasteiger charge is -2.13. The maximum absolute atomic E-state index is 13.3. The van der Waals surface area contributed by atoms with E-state index in [0.29, 0.717) is 16.8 Å². The maximum atomic E-state index is 13.3. The van der Waals surface area contributed by atoms with Gasteiger partial charge in [0.15, 0.2) is 0 Å². The number of amides is 3. The number of nitrogens with one attached hydrogen (secondary N) is 3. The van der Waals surface area contributed by atoms with E-state index in [0.717, 1.165) is 5.56 Å². The Morgan fingerprint density at radius 3 is 2.52 bits per heavy atom. The molecule has 0 saturated carbocycles. The minimum atomic E-state index is -0.371. The van der Waals surface area contributed by atoms with Gasteiger partial charge >= 0.3 is 6.03 Å². The molecule has 6 heteroatoms. The van der Waals surface area contributed by atoms with Crippen LogP contribution in [0.5, 0.6) is 0 Å². The molecule has 0 aliphatic rings. The highest BCUT2D eigenvalue weighted by atomic mass is 19.1. The van der Waals surface area contributed by atoms with Crippen LogP contribution in [0.15, 0.2) is 42.5 Å². The lowest BCUT2D eigenvalue weighted by Crippen LogP contribution is -2.35. The average Bonchev–Trinajstić information content (AvgIpc) is 2.55. The average molecular weight is 343 g/mol. The summed E-state index contributed by atoms with van der Waals surface area (Å²) >= 11 is 0. The number of urea groups is 1. The highest BCUT2D eigenvalue weighted by molar-refractivity contribution is 6.03. The molecule has 0 bridgehead atoms. The summed E-state index contributed by atoms with van der Waals surface area (Å²) < 4.78 is 13.3. The molecule has 25 heavy (non-hydrogen) atoms. The lowest BCUT2D eigenvalue weighted by atomic mass is 10.1. The third-order valence-corrected chi connectivity index (χ3v) is 3.52. The Kier molecular flexibility index (Phi) is 6.11. The van der Waals surface area contributed by atoms with Gasteiger partial charge in [-0.05, 0) is 50.1 Å². The van der Waals surface area contributed by atoms with Crippen molar-refractivity contribution in [2.75, 3.05) is 5.32 Å². The molecule has 3 N–H and O–H groups in total. The van der Waals surface area contributed by atoms with Crippen LogP contribution in [0.3, 0.4) is 0 Å². The molecule has 0 aromatic heterocycles. The first kappa shape index (κ1) is 18.4. The Hall–Kier alpha value is -2.89. The lowest BCUT2D eigenvalue weighted by molar-refractivity contribution is 0.0952. The number of rotatable bonds is 5. The number of carbonyl (C=O) groups excluding carboxylic acids is 2. The van der Waals surface area contributed by atoms with Crippen molar-refractivity contribution in [3.05, 3.63) is 65.0 Å². The quantitative estimate of drug-likeness (QED) is 0.776. The molecule has 0 heterocycles. The van der Waals surface area contributed by atoms with Gasteiger partial charge in [-0.2, -0.15) is 0 Å². The molecular formula is C19H22FN3O2. The predicted molar refractivity (Wildman–Crippen MR) is 96.0 cm³/mol.